The van der Waals surface area contributed by atoms with Gasteiger partial charge in [-0.2, -0.15) is 4.31 Å². The van der Waals surface area contributed by atoms with E-state index in [-0.39, 0.29) is 10.8 Å². The van der Waals surface area contributed by atoms with Crippen LogP contribution in [0.15, 0.2) is 59.6 Å². The molecule has 1 amide bonds. The zero-order chi connectivity index (χ0) is 20.4. The van der Waals surface area contributed by atoms with Gasteiger partial charge in [0.2, 0.25) is 10.0 Å². The Morgan fingerprint density at radius 1 is 1.07 bits per heavy atom. The van der Waals surface area contributed by atoms with Crippen molar-refractivity contribution in [2.75, 3.05) is 31.6 Å². The molecule has 1 aromatic heterocycles. The third-order valence-corrected chi connectivity index (χ3v) is 6.78. The van der Waals surface area contributed by atoms with E-state index >= 15 is 0 Å². The van der Waals surface area contributed by atoms with Crippen LogP contribution in [-0.4, -0.2) is 49.9 Å². The van der Waals surface area contributed by atoms with E-state index in [1.54, 1.807) is 12.3 Å². The van der Waals surface area contributed by atoms with Crippen molar-refractivity contribution in [3.63, 3.8) is 0 Å². The van der Waals surface area contributed by atoms with E-state index in [0.717, 1.165) is 16.5 Å². The van der Waals surface area contributed by atoms with E-state index < -0.39 is 10.0 Å². The Morgan fingerprint density at radius 2 is 1.79 bits per heavy atom. The molecular weight excluding hydrogens is 390 g/mol. The van der Waals surface area contributed by atoms with E-state index in [4.69, 9.17) is 4.74 Å². The summed E-state index contributed by atoms with van der Waals surface area (Å²) in [4.78, 5) is 17.2. The van der Waals surface area contributed by atoms with Gasteiger partial charge >= 0.3 is 0 Å². The summed E-state index contributed by atoms with van der Waals surface area (Å²) in [5, 5.41) is 3.75. The van der Waals surface area contributed by atoms with E-state index in [1.807, 2.05) is 25.1 Å². The van der Waals surface area contributed by atoms with E-state index in [9.17, 15) is 13.2 Å². The predicted octanol–water partition coefficient (Wildman–Crippen LogP) is 2.82. The van der Waals surface area contributed by atoms with Crippen molar-refractivity contribution in [1.29, 1.82) is 0 Å². The number of morpholine rings is 1. The van der Waals surface area contributed by atoms with Gasteiger partial charge in [0.15, 0.2) is 0 Å². The highest BCUT2D eigenvalue weighted by Gasteiger charge is 2.26. The summed E-state index contributed by atoms with van der Waals surface area (Å²) < 4.78 is 32.0. The van der Waals surface area contributed by atoms with Gasteiger partial charge in [0.1, 0.15) is 0 Å². The smallest absolute Gasteiger partial charge is 0.255 e. The molecule has 1 aliphatic heterocycles. The molecule has 0 atom stereocenters. The number of aromatic nitrogens is 1. The molecule has 1 fully saturated rings. The summed E-state index contributed by atoms with van der Waals surface area (Å²) in [5.41, 5.74) is 2.90. The van der Waals surface area contributed by atoms with Crippen LogP contribution in [0.2, 0.25) is 0 Å². The Hall–Kier alpha value is -2.81. The number of pyridine rings is 1. The molecule has 0 spiro atoms. The Labute approximate surface area is 169 Å². The number of fused-ring (bicyclic) bond motifs is 1. The molecule has 1 N–H and O–H groups in total. The number of rotatable bonds is 4. The molecule has 29 heavy (non-hydrogen) atoms. The van der Waals surface area contributed by atoms with Crippen molar-refractivity contribution < 1.29 is 17.9 Å². The number of carbonyl (C=O) groups excluding carboxylic acids is 1. The summed E-state index contributed by atoms with van der Waals surface area (Å²) in [6.07, 6.45) is 1.64. The molecule has 2 aromatic carbocycles. The summed E-state index contributed by atoms with van der Waals surface area (Å²) in [6, 6.07) is 13.6. The highest BCUT2D eigenvalue weighted by Crippen LogP contribution is 2.24. The van der Waals surface area contributed by atoms with Gasteiger partial charge < -0.3 is 10.1 Å². The fourth-order valence-corrected chi connectivity index (χ4v) is 4.69. The Bertz CT molecular complexity index is 1150. The summed E-state index contributed by atoms with van der Waals surface area (Å²) in [5.74, 6) is -0.311. The fraction of sp³-hybridized carbons (Fsp3) is 0.238. The lowest BCUT2D eigenvalue weighted by atomic mass is 10.1. The predicted molar refractivity (Wildman–Crippen MR) is 110 cm³/mol. The number of hydrogen-bond acceptors (Lipinski definition) is 5. The van der Waals surface area contributed by atoms with Crippen LogP contribution in [0.25, 0.3) is 10.9 Å². The van der Waals surface area contributed by atoms with Crippen LogP contribution in [0, 0.1) is 6.92 Å². The zero-order valence-electron chi connectivity index (χ0n) is 16.0. The van der Waals surface area contributed by atoms with Crippen molar-refractivity contribution in [2.45, 2.75) is 11.8 Å². The molecule has 0 unspecified atom stereocenters. The maximum atomic E-state index is 12.7. The summed E-state index contributed by atoms with van der Waals surface area (Å²) in [6.45, 7) is 3.42. The molecule has 0 bridgehead atoms. The highest BCUT2D eigenvalue weighted by molar-refractivity contribution is 7.89. The quantitative estimate of drug-likeness (QED) is 0.713. The van der Waals surface area contributed by atoms with Crippen LogP contribution < -0.4 is 5.32 Å². The van der Waals surface area contributed by atoms with Gasteiger partial charge in [-0.15, -0.1) is 0 Å². The lowest BCUT2D eigenvalue weighted by Gasteiger charge is -2.26. The standard InChI is InChI=1S/C21H21N3O4S/c1-15-2-7-19-18(14-15)20(8-9-22-19)23-21(25)16-3-5-17(6-4-16)29(26,27)24-10-12-28-13-11-24/h2-9,14H,10-13H2,1H3,(H,22,23,25). The first-order chi connectivity index (χ1) is 13.9. The van der Waals surface area contributed by atoms with Crippen molar-refractivity contribution in [3.8, 4) is 0 Å². The number of anilines is 1. The average molecular weight is 411 g/mol. The first-order valence-electron chi connectivity index (χ1n) is 9.30. The lowest BCUT2D eigenvalue weighted by Crippen LogP contribution is -2.40. The van der Waals surface area contributed by atoms with Gasteiger partial charge in [0, 0.05) is 30.2 Å². The number of nitrogens with one attached hydrogen (secondary N) is 1. The van der Waals surface area contributed by atoms with Crippen molar-refractivity contribution in [1.82, 2.24) is 9.29 Å². The monoisotopic (exact) mass is 411 g/mol. The van der Waals surface area contributed by atoms with Gasteiger partial charge in [0.05, 0.1) is 29.3 Å². The van der Waals surface area contributed by atoms with Crippen LogP contribution in [0.3, 0.4) is 0 Å². The third-order valence-electron chi connectivity index (χ3n) is 4.87. The SMILES string of the molecule is Cc1ccc2nccc(NC(=O)c3ccc(S(=O)(=O)N4CCOCC4)cc3)c2c1. The molecule has 3 aromatic rings. The molecule has 150 valence electrons. The number of carbonyl (C=O) groups is 1. The number of nitrogens with zero attached hydrogens (tertiary/aromatic N) is 2. The van der Waals surface area contributed by atoms with E-state index in [2.05, 4.69) is 10.3 Å². The van der Waals surface area contributed by atoms with Crippen LogP contribution in [0.4, 0.5) is 5.69 Å². The Kier molecular flexibility index (Phi) is 5.31. The second kappa shape index (κ2) is 7.90. The average Bonchev–Trinajstić information content (AvgIpc) is 2.75. The minimum atomic E-state index is -3.58. The second-order valence-corrected chi connectivity index (χ2v) is 8.81. The van der Waals surface area contributed by atoms with Gasteiger partial charge in [-0.1, -0.05) is 11.6 Å². The zero-order valence-corrected chi connectivity index (χ0v) is 16.8. The van der Waals surface area contributed by atoms with Crippen LogP contribution in [0.1, 0.15) is 15.9 Å². The molecule has 8 heteroatoms. The number of aryl methyl sites for hydroxylation is 1. The van der Waals surface area contributed by atoms with Gasteiger partial charge in [0.25, 0.3) is 5.91 Å². The number of sulfonamides is 1. The largest absolute Gasteiger partial charge is 0.379 e. The maximum Gasteiger partial charge on any atom is 0.255 e. The molecule has 0 radical (unpaired) electrons. The Balaban J connectivity index is 1.55. The Morgan fingerprint density at radius 3 is 2.52 bits per heavy atom. The number of hydrogen-bond donors (Lipinski definition) is 1. The molecule has 2 heterocycles. The van der Waals surface area contributed by atoms with Crippen LogP contribution >= 0.6 is 0 Å². The first-order valence-corrected chi connectivity index (χ1v) is 10.7. The fourth-order valence-electron chi connectivity index (χ4n) is 3.28. The molecule has 0 aliphatic carbocycles. The van der Waals surface area contributed by atoms with E-state index in [1.165, 1.54) is 28.6 Å². The lowest BCUT2D eigenvalue weighted by molar-refractivity contribution is 0.0730. The maximum absolute atomic E-state index is 12.7. The van der Waals surface area contributed by atoms with Crippen molar-refractivity contribution in [2.24, 2.45) is 0 Å². The van der Waals surface area contributed by atoms with E-state index in [0.29, 0.717) is 37.6 Å². The van der Waals surface area contributed by atoms with Gasteiger partial charge in [-0.05, 0) is 49.4 Å². The minimum Gasteiger partial charge on any atom is -0.379 e. The molecule has 7 nitrogen and oxygen atoms in total. The number of benzene rings is 2. The van der Waals surface area contributed by atoms with Gasteiger partial charge in [-0.3, -0.25) is 9.78 Å². The first kappa shape index (κ1) is 19.5. The topological polar surface area (TPSA) is 88.6 Å². The molecule has 1 aliphatic rings. The molecule has 0 saturated carbocycles. The molecule has 1 saturated heterocycles. The van der Waals surface area contributed by atoms with Gasteiger partial charge in [-0.25, -0.2) is 8.42 Å². The number of ether oxygens (including phenoxy) is 1. The summed E-state index contributed by atoms with van der Waals surface area (Å²) >= 11 is 0. The normalized spacial score (nSPS) is 15.3. The highest BCUT2D eigenvalue weighted by atomic mass is 32.2. The van der Waals surface area contributed by atoms with Crippen molar-refractivity contribution >= 4 is 32.5 Å². The third kappa shape index (κ3) is 4.00. The number of amides is 1. The van der Waals surface area contributed by atoms with Crippen molar-refractivity contribution in [3.05, 3.63) is 65.9 Å². The minimum absolute atomic E-state index is 0.168. The second-order valence-electron chi connectivity index (χ2n) is 6.87. The molecule has 4 rings (SSSR count). The van der Waals surface area contributed by atoms with Crippen LogP contribution in [0.5, 0.6) is 0 Å². The molecular formula is C21H21N3O4S. The van der Waals surface area contributed by atoms with Crippen LogP contribution in [-0.2, 0) is 14.8 Å². The summed E-state index contributed by atoms with van der Waals surface area (Å²) in [7, 11) is -3.58.